The SMILES string of the molecule is CCCCOCCC1CSC(c2ccc(-c3ccc(-c4cc(F)c(C)c(F)c4)c(F)c3)c(F)c2)SC1. The average Bonchev–Trinajstić information content (AvgIpc) is 2.87. The fraction of sp³-hybridized carbons (Fsp3) is 0.379. The summed E-state index contributed by atoms with van der Waals surface area (Å²) < 4.78 is 63.7. The summed E-state index contributed by atoms with van der Waals surface area (Å²) in [5, 5.41) is 0. The Labute approximate surface area is 219 Å². The minimum atomic E-state index is -0.736. The first kappa shape index (κ1) is 27.1. The van der Waals surface area contributed by atoms with Gasteiger partial charge in [-0.25, -0.2) is 17.6 Å². The fourth-order valence-electron chi connectivity index (χ4n) is 4.13. The van der Waals surface area contributed by atoms with Crippen LogP contribution < -0.4 is 0 Å². The van der Waals surface area contributed by atoms with Crippen molar-refractivity contribution in [1.29, 1.82) is 0 Å². The van der Waals surface area contributed by atoms with E-state index in [0.717, 1.165) is 61.7 Å². The first-order valence-corrected chi connectivity index (χ1v) is 14.3. The van der Waals surface area contributed by atoms with Crippen molar-refractivity contribution in [3.05, 3.63) is 82.9 Å². The quantitative estimate of drug-likeness (QED) is 0.200. The monoisotopic (exact) mass is 534 g/mol. The number of hydrogen-bond acceptors (Lipinski definition) is 3. The van der Waals surface area contributed by atoms with E-state index in [1.54, 1.807) is 12.1 Å². The van der Waals surface area contributed by atoms with E-state index >= 15 is 4.39 Å². The van der Waals surface area contributed by atoms with Crippen molar-refractivity contribution in [3.8, 4) is 22.3 Å². The molecule has 192 valence electrons. The molecule has 1 aliphatic rings. The van der Waals surface area contributed by atoms with Gasteiger partial charge in [0.05, 0.1) is 4.58 Å². The highest BCUT2D eigenvalue weighted by Gasteiger charge is 2.24. The summed E-state index contributed by atoms with van der Waals surface area (Å²) in [5.74, 6) is 0.0802. The minimum Gasteiger partial charge on any atom is -0.381 e. The number of thioether (sulfide) groups is 2. The summed E-state index contributed by atoms with van der Waals surface area (Å²) in [7, 11) is 0. The highest BCUT2D eigenvalue weighted by Crippen LogP contribution is 2.46. The molecule has 4 rings (SSSR count). The second-order valence-corrected chi connectivity index (χ2v) is 11.7. The molecule has 36 heavy (non-hydrogen) atoms. The van der Waals surface area contributed by atoms with Crippen LogP contribution in [0.1, 0.15) is 41.9 Å². The Morgan fingerprint density at radius 1 is 0.778 bits per heavy atom. The second-order valence-electron chi connectivity index (χ2n) is 9.12. The molecule has 3 aromatic carbocycles. The molecule has 0 amide bonds. The van der Waals surface area contributed by atoms with E-state index in [4.69, 9.17) is 4.74 Å². The third-order valence-electron chi connectivity index (χ3n) is 6.42. The molecule has 1 nitrogen and oxygen atoms in total. The van der Waals surface area contributed by atoms with Gasteiger partial charge < -0.3 is 4.74 Å². The minimum absolute atomic E-state index is 0.0638. The van der Waals surface area contributed by atoms with Gasteiger partial charge >= 0.3 is 0 Å². The Hall–Kier alpha value is -1.96. The molecule has 0 N–H and O–H groups in total. The van der Waals surface area contributed by atoms with E-state index in [1.165, 1.54) is 25.1 Å². The lowest BCUT2D eigenvalue weighted by atomic mass is 9.98. The van der Waals surface area contributed by atoms with Crippen LogP contribution in [0, 0.1) is 36.1 Å². The van der Waals surface area contributed by atoms with Crippen LogP contribution in [0.25, 0.3) is 22.3 Å². The zero-order valence-corrected chi connectivity index (χ0v) is 22.1. The molecule has 0 unspecified atom stereocenters. The molecule has 1 aliphatic heterocycles. The zero-order valence-electron chi connectivity index (χ0n) is 20.5. The molecule has 7 heteroatoms. The Bertz CT molecular complexity index is 1170. The molecule has 1 saturated heterocycles. The van der Waals surface area contributed by atoms with Gasteiger partial charge in [0.1, 0.15) is 23.3 Å². The maximum absolute atomic E-state index is 15.1. The maximum atomic E-state index is 15.1. The fourth-order valence-corrected chi connectivity index (χ4v) is 7.28. The number of rotatable bonds is 9. The average molecular weight is 535 g/mol. The maximum Gasteiger partial charge on any atom is 0.131 e. The van der Waals surface area contributed by atoms with Gasteiger partial charge in [-0.05, 0) is 78.1 Å². The van der Waals surface area contributed by atoms with Crippen LogP contribution in [-0.2, 0) is 4.74 Å². The lowest BCUT2D eigenvalue weighted by Crippen LogP contribution is -2.16. The Morgan fingerprint density at radius 3 is 2.03 bits per heavy atom. The number of benzene rings is 3. The Morgan fingerprint density at radius 2 is 1.39 bits per heavy atom. The number of hydrogen-bond donors (Lipinski definition) is 0. The molecule has 1 fully saturated rings. The van der Waals surface area contributed by atoms with Crippen molar-refractivity contribution in [2.24, 2.45) is 5.92 Å². The van der Waals surface area contributed by atoms with Crippen LogP contribution in [0.4, 0.5) is 17.6 Å². The van der Waals surface area contributed by atoms with E-state index in [0.29, 0.717) is 17.0 Å². The Kier molecular flexibility index (Phi) is 9.42. The first-order valence-electron chi connectivity index (χ1n) is 12.2. The summed E-state index contributed by atoms with van der Waals surface area (Å²) in [6.07, 6.45) is 3.29. The lowest BCUT2D eigenvalue weighted by Gasteiger charge is -2.28. The highest BCUT2D eigenvalue weighted by atomic mass is 32.2. The van der Waals surface area contributed by atoms with Crippen LogP contribution in [0.2, 0.25) is 0 Å². The number of halogens is 4. The van der Waals surface area contributed by atoms with Gasteiger partial charge in [-0.2, -0.15) is 0 Å². The predicted octanol–water partition coefficient (Wildman–Crippen LogP) is 9.19. The smallest absolute Gasteiger partial charge is 0.131 e. The molecule has 0 aliphatic carbocycles. The summed E-state index contributed by atoms with van der Waals surface area (Å²) in [4.78, 5) is 0. The van der Waals surface area contributed by atoms with Crippen molar-refractivity contribution in [2.75, 3.05) is 24.7 Å². The van der Waals surface area contributed by atoms with Crippen LogP contribution >= 0.6 is 23.5 Å². The Balaban J connectivity index is 1.41. The van der Waals surface area contributed by atoms with Crippen LogP contribution in [-0.4, -0.2) is 24.7 Å². The molecule has 0 spiro atoms. The van der Waals surface area contributed by atoms with E-state index in [1.807, 2.05) is 29.6 Å². The summed E-state index contributed by atoms with van der Waals surface area (Å²) in [6.45, 7) is 5.10. The van der Waals surface area contributed by atoms with E-state index < -0.39 is 23.3 Å². The predicted molar refractivity (Wildman–Crippen MR) is 143 cm³/mol. The van der Waals surface area contributed by atoms with Crippen LogP contribution in [0.3, 0.4) is 0 Å². The van der Waals surface area contributed by atoms with Crippen molar-refractivity contribution in [1.82, 2.24) is 0 Å². The lowest BCUT2D eigenvalue weighted by molar-refractivity contribution is 0.121. The van der Waals surface area contributed by atoms with Crippen LogP contribution in [0.5, 0.6) is 0 Å². The van der Waals surface area contributed by atoms with Crippen molar-refractivity contribution >= 4 is 23.5 Å². The summed E-state index contributed by atoms with van der Waals surface area (Å²) in [6, 6.07) is 11.5. The van der Waals surface area contributed by atoms with E-state index in [-0.39, 0.29) is 21.3 Å². The van der Waals surface area contributed by atoms with Gasteiger partial charge in [0.15, 0.2) is 0 Å². The third-order valence-corrected chi connectivity index (χ3v) is 9.71. The van der Waals surface area contributed by atoms with E-state index in [2.05, 4.69) is 6.92 Å². The van der Waals surface area contributed by atoms with E-state index in [9.17, 15) is 13.2 Å². The van der Waals surface area contributed by atoms with Gasteiger partial charge in [0, 0.05) is 29.9 Å². The molecule has 0 bridgehead atoms. The van der Waals surface area contributed by atoms with Crippen molar-refractivity contribution in [3.63, 3.8) is 0 Å². The molecule has 0 radical (unpaired) electrons. The van der Waals surface area contributed by atoms with Gasteiger partial charge in [-0.15, -0.1) is 23.5 Å². The summed E-state index contributed by atoms with van der Waals surface area (Å²) >= 11 is 3.66. The van der Waals surface area contributed by atoms with Gasteiger partial charge in [0.2, 0.25) is 0 Å². The number of unbranched alkanes of at least 4 members (excludes halogenated alkanes) is 1. The molecule has 3 aromatic rings. The largest absolute Gasteiger partial charge is 0.381 e. The molecule has 0 aromatic heterocycles. The molecular weight excluding hydrogens is 504 g/mol. The molecule has 1 heterocycles. The van der Waals surface area contributed by atoms with Crippen molar-refractivity contribution < 1.29 is 22.3 Å². The van der Waals surface area contributed by atoms with Crippen LogP contribution in [0.15, 0.2) is 48.5 Å². The standard InChI is InChI=1S/C29H30F4OS2/c1-3-4-10-34-11-9-19-16-35-29(36-17-19)21-6-8-23(28(33)13-21)20-5-7-24(27(32)12-20)22-14-25(30)18(2)26(31)15-22/h5-8,12-15,19,29H,3-4,9-11,16-17H2,1-2H3. The van der Waals surface area contributed by atoms with Crippen molar-refractivity contribution in [2.45, 2.75) is 37.7 Å². The van der Waals surface area contributed by atoms with Gasteiger partial charge in [0.25, 0.3) is 0 Å². The normalized spacial score (nSPS) is 17.9. The molecular formula is C29H30F4OS2. The zero-order chi connectivity index (χ0) is 25.7. The first-order chi connectivity index (χ1) is 17.4. The third kappa shape index (κ3) is 6.48. The van der Waals surface area contributed by atoms with Gasteiger partial charge in [-0.1, -0.05) is 37.6 Å². The van der Waals surface area contributed by atoms with Gasteiger partial charge in [-0.3, -0.25) is 0 Å². The highest BCUT2D eigenvalue weighted by molar-refractivity contribution is 8.16. The second kappa shape index (κ2) is 12.5. The molecule has 0 atom stereocenters. The number of ether oxygens (including phenoxy) is 1. The summed E-state index contributed by atoms with van der Waals surface area (Å²) in [5.41, 5.74) is 1.63. The molecule has 0 saturated carbocycles. The topological polar surface area (TPSA) is 9.23 Å².